The van der Waals surface area contributed by atoms with Crippen molar-refractivity contribution in [3.63, 3.8) is 0 Å². The van der Waals surface area contributed by atoms with Crippen molar-refractivity contribution in [2.75, 3.05) is 0 Å². The van der Waals surface area contributed by atoms with Crippen LogP contribution in [0.25, 0.3) is 0 Å². The molecule has 0 bridgehead atoms. The number of rotatable bonds is 1. The summed E-state index contributed by atoms with van der Waals surface area (Å²) in [4.78, 5) is 0. The van der Waals surface area contributed by atoms with Crippen LogP contribution in [0.1, 0.15) is 6.92 Å². The van der Waals surface area contributed by atoms with Crippen LogP contribution in [0.3, 0.4) is 0 Å². The van der Waals surface area contributed by atoms with Gasteiger partial charge >= 0.3 is 0 Å². The Morgan fingerprint density at radius 3 is 1.86 bits per heavy atom. The largest absolute Gasteiger partial charge is 0.400 e. The first kappa shape index (κ1) is 6.65. The second-order valence-electron chi connectivity index (χ2n) is 1.17. The van der Waals surface area contributed by atoms with E-state index in [1.807, 2.05) is 0 Å². The molecule has 42 valence electrons. The molecule has 0 aromatic heterocycles. The van der Waals surface area contributed by atoms with Crippen molar-refractivity contribution in [1.82, 2.24) is 0 Å². The summed E-state index contributed by atoms with van der Waals surface area (Å²) in [6.07, 6.45) is 0. The predicted octanol–water partition coefficient (Wildman–Crippen LogP) is -0.300. The highest BCUT2D eigenvalue weighted by Crippen LogP contribution is 2.00. The smallest absolute Gasteiger partial charge is 0.0993 e. The van der Waals surface area contributed by atoms with Crippen molar-refractivity contribution in [3.8, 4) is 0 Å². The van der Waals surface area contributed by atoms with E-state index in [4.69, 9.17) is 16.6 Å². The normalized spacial score (nSPS) is 13.4. The van der Waals surface area contributed by atoms with Gasteiger partial charge in [-0.1, -0.05) is 0 Å². The fourth-order valence-corrected chi connectivity index (χ4v) is 0.279. The van der Waals surface area contributed by atoms with E-state index in [1.165, 1.54) is 0 Å². The molecule has 4 heteroatoms. The van der Waals surface area contributed by atoms with Gasteiger partial charge in [-0.3, -0.25) is 5.14 Å². The molecule has 0 aliphatic rings. The van der Waals surface area contributed by atoms with Gasteiger partial charge in [-0.25, -0.2) is 0 Å². The Kier molecular flexibility index (Phi) is 2.62. The van der Waals surface area contributed by atoms with Gasteiger partial charge in [-0.05, 0) is 18.9 Å². The van der Waals surface area contributed by atoms with E-state index in [-0.39, 0.29) is 0 Å². The molecule has 6 N–H and O–H groups in total. The minimum absolute atomic E-state index is 0.486. The Morgan fingerprint density at radius 2 is 1.86 bits per heavy atom. The first-order valence-corrected chi connectivity index (χ1v) is 2.65. The molecule has 3 nitrogen and oxygen atoms in total. The third kappa shape index (κ3) is 2.36. The summed E-state index contributed by atoms with van der Waals surface area (Å²) in [5.41, 5.74) is 11.0. The molecular weight excluding hydrogens is 110 g/mol. The molecule has 7 heavy (non-hydrogen) atoms. The van der Waals surface area contributed by atoms with Crippen LogP contribution in [0, 0.1) is 0 Å². The van der Waals surface area contributed by atoms with Gasteiger partial charge in [0.1, 0.15) is 0 Å². The lowest BCUT2D eigenvalue weighted by molar-refractivity contribution is 1.26. The maximum atomic E-state index is 5.21. The van der Waals surface area contributed by atoms with E-state index in [1.54, 1.807) is 6.92 Å². The summed E-state index contributed by atoms with van der Waals surface area (Å²) < 4.78 is 0. The summed E-state index contributed by atoms with van der Waals surface area (Å²) in [5, 5.41) is 5.51. The zero-order chi connectivity index (χ0) is 5.86. The Bertz CT molecular complexity index is 84.2. The maximum absolute atomic E-state index is 5.21. The molecule has 0 saturated carbocycles. The maximum Gasteiger partial charge on any atom is 0.0993 e. The fourth-order valence-electron chi connectivity index (χ4n) is 0.0929. The van der Waals surface area contributed by atoms with Crippen molar-refractivity contribution < 1.29 is 0 Å². The van der Waals surface area contributed by atoms with Gasteiger partial charge in [0, 0.05) is 5.70 Å². The average Bonchev–Trinajstić information content (AvgIpc) is 1.65. The number of allylic oxidation sites excluding steroid dienone is 1. The van der Waals surface area contributed by atoms with Crippen molar-refractivity contribution >= 4 is 11.9 Å². The van der Waals surface area contributed by atoms with Gasteiger partial charge in [0.15, 0.2) is 0 Å². The average molecular weight is 119 g/mol. The molecule has 0 fully saturated rings. The van der Waals surface area contributed by atoms with Gasteiger partial charge in [-0.15, -0.1) is 0 Å². The molecule has 0 aliphatic carbocycles. The van der Waals surface area contributed by atoms with Crippen LogP contribution in [0.5, 0.6) is 0 Å². The molecule has 0 aromatic carbocycles. The molecule has 0 amide bonds. The van der Waals surface area contributed by atoms with Gasteiger partial charge in [0.2, 0.25) is 0 Å². The monoisotopic (exact) mass is 119 g/mol. The highest BCUT2D eigenvalue weighted by Gasteiger charge is 1.85. The molecule has 0 heterocycles. The zero-order valence-corrected chi connectivity index (χ0v) is 4.96. The minimum atomic E-state index is 0.486. The van der Waals surface area contributed by atoms with E-state index in [9.17, 15) is 0 Å². The van der Waals surface area contributed by atoms with Crippen LogP contribution in [0.15, 0.2) is 10.7 Å². The highest BCUT2D eigenvalue weighted by molar-refractivity contribution is 8.00. The molecule has 0 rings (SSSR count). The molecule has 0 radical (unpaired) electrons. The van der Waals surface area contributed by atoms with Crippen LogP contribution in [0.4, 0.5) is 0 Å². The van der Waals surface area contributed by atoms with E-state index < -0.39 is 0 Å². The van der Waals surface area contributed by atoms with Crippen molar-refractivity contribution in [2.45, 2.75) is 6.92 Å². The molecule has 0 spiro atoms. The van der Waals surface area contributed by atoms with E-state index >= 15 is 0 Å². The van der Waals surface area contributed by atoms with Gasteiger partial charge in [0.05, 0.1) is 5.03 Å². The lowest BCUT2D eigenvalue weighted by Crippen LogP contribution is -2.05. The molecule has 0 atom stereocenters. The highest BCUT2D eigenvalue weighted by atomic mass is 32.2. The van der Waals surface area contributed by atoms with Crippen molar-refractivity contribution in [3.05, 3.63) is 10.7 Å². The summed E-state index contributed by atoms with van der Waals surface area (Å²) in [7, 11) is 0. The first-order valence-electron chi connectivity index (χ1n) is 1.77. The van der Waals surface area contributed by atoms with E-state index in [0.29, 0.717) is 10.7 Å². The minimum Gasteiger partial charge on any atom is -0.400 e. The summed E-state index contributed by atoms with van der Waals surface area (Å²) in [6, 6.07) is 0. The second-order valence-corrected chi connectivity index (χ2v) is 1.84. The molecule has 0 aromatic rings. The molecular formula is C3H9N3S. The van der Waals surface area contributed by atoms with Crippen LogP contribution < -0.4 is 16.6 Å². The zero-order valence-electron chi connectivity index (χ0n) is 4.14. The summed E-state index contributed by atoms with van der Waals surface area (Å²) in [6.45, 7) is 1.70. The SMILES string of the molecule is C/C(N)=C(\N)SN. The Morgan fingerprint density at radius 1 is 1.43 bits per heavy atom. The second kappa shape index (κ2) is 2.76. The van der Waals surface area contributed by atoms with Crippen LogP contribution in [0.2, 0.25) is 0 Å². The lowest BCUT2D eigenvalue weighted by Gasteiger charge is -1.94. The van der Waals surface area contributed by atoms with Gasteiger partial charge in [-0.2, -0.15) is 0 Å². The predicted molar refractivity (Wildman–Crippen MR) is 32.9 cm³/mol. The van der Waals surface area contributed by atoms with Crippen molar-refractivity contribution in [2.24, 2.45) is 16.6 Å². The number of hydrogen-bond donors (Lipinski definition) is 3. The van der Waals surface area contributed by atoms with Crippen LogP contribution >= 0.6 is 11.9 Å². The quantitative estimate of drug-likeness (QED) is 0.414. The first-order chi connectivity index (χ1) is 3.18. The standard InChI is InChI=1S/C3H9N3S/c1-2(4)3(5)7-6/h4-6H2,1H3/b3-2-. The van der Waals surface area contributed by atoms with Gasteiger partial charge < -0.3 is 11.5 Å². The fraction of sp³-hybridized carbons (Fsp3) is 0.333. The Balaban J connectivity index is 3.72. The molecule has 0 unspecified atom stereocenters. The summed E-state index contributed by atoms with van der Waals surface area (Å²) >= 11 is 0.965. The summed E-state index contributed by atoms with van der Waals surface area (Å²) in [5.74, 6) is 0. The third-order valence-corrected chi connectivity index (χ3v) is 1.09. The number of hydrogen-bond acceptors (Lipinski definition) is 4. The third-order valence-electron chi connectivity index (χ3n) is 0.516. The van der Waals surface area contributed by atoms with Crippen molar-refractivity contribution in [1.29, 1.82) is 0 Å². The molecule has 0 aliphatic heterocycles. The topological polar surface area (TPSA) is 78.1 Å². The van der Waals surface area contributed by atoms with Crippen LogP contribution in [-0.2, 0) is 0 Å². The number of nitrogens with two attached hydrogens (primary N) is 3. The molecule has 0 saturated heterocycles. The van der Waals surface area contributed by atoms with E-state index in [0.717, 1.165) is 11.9 Å². The Labute approximate surface area is 47.1 Å². The van der Waals surface area contributed by atoms with Crippen LogP contribution in [-0.4, -0.2) is 0 Å². The van der Waals surface area contributed by atoms with E-state index in [2.05, 4.69) is 0 Å². The van der Waals surface area contributed by atoms with Gasteiger partial charge in [0.25, 0.3) is 0 Å². The Hall–Kier alpha value is -0.350. The lowest BCUT2D eigenvalue weighted by atomic mass is 10.6.